The molecule has 0 spiro atoms. The van der Waals surface area contributed by atoms with Gasteiger partial charge in [-0.1, -0.05) is 30.3 Å². The Morgan fingerprint density at radius 3 is 2.52 bits per heavy atom. The van der Waals surface area contributed by atoms with Crippen molar-refractivity contribution in [2.75, 3.05) is 26.3 Å². The number of hydrogen-bond donors (Lipinski definition) is 0. The molecule has 0 aromatic heterocycles. The third kappa shape index (κ3) is 4.31. The van der Waals surface area contributed by atoms with E-state index in [1.165, 1.54) is 0 Å². The highest BCUT2D eigenvalue weighted by atomic mass is 16.7. The van der Waals surface area contributed by atoms with Gasteiger partial charge < -0.3 is 19.1 Å². The van der Waals surface area contributed by atoms with Gasteiger partial charge in [0.15, 0.2) is 6.29 Å². The molecule has 126 valence electrons. The smallest absolute Gasteiger partial charge is 0.251 e. The Bertz CT molecular complexity index is 493. The first-order chi connectivity index (χ1) is 11.2. The summed E-state index contributed by atoms with van der Waals surface area (Å²) < 4.78 is 16.9. The summed E-state index contributed by atoms with van der Waals surface area (Å²) in [5, 5.41) is 0. The molecule has 23 heavy (non-hydrogen) atoms. The van der Waals surface area contributed by atoms with Crippen molar-refractivity contribution in [3.05, 3.63) is 35.9 Å². The summed E-state index contributed by atoms with van der Waals surface area (Å²) in [5.74, 6) is 0.481. The number of rotatable bonds is 5. The van der Waals surface area contributed by atoms with Crippen LogP contribution >= 0.6 is 0 Å². The Morgan fingerprint density at radius 1 is 1.22 bits per heavy atom. The molecule has 2 aliphatic heterocycles. The predicted molar refractivity (Wildman–Crippen MR) is 85.7 cm³/mol. The Morgan fingerprint density at radius 2 is 1.87 bits per heavy atom. The van der Waals surface area contributed by atoms with Crippen LogP contribution in [0.4, 0.5) is 0 Å². The zero-order chi connectivity index (χ0) is 16.1. The highest BCUT2D eigenvalue weighted by molar-refractivity contribution is 5.80. The van der Waals surface area contributed by atoms with E-state index in [4.69, 9.17) is 14.2 Å². The van der Waals surface area contributed by atoms with Crippen LogP contribution in [0.25, 0.3) is 0 Å². The lowest BCUT2D eigenvalue weighted by Crippen LogP contribution is -2.45. The topological polar surface area (TPSA) is 48.0 Å². The second-order valence-electron chi connectivity index (χ2n) is 6.21. The number of carbonyl (C=O) groups is 1. The number of likely N-dealkylation sites (tertiary alicyclic amines) is 1. The van der Waals surface area contributed by atoms with E-state index in [2.05, 4.69) is 0 Å². The summed E-state index contributed by atoms with van der Waals surface area (Å²) in [6.07, 6.45) is 1.38. The fourth-order valence-electron chi connectivity index (χ4n) is 3.16. The maximum Gasteiger partial charge on any atom is 0.251 e. The molecule has 2 heterocycles. The highest BCUT2D eigenvalue weighted by Gasteiger charge is 2.32. The van der Waals surface area contributed by atoms with Gasteiger partial charge in [-0.05, 0) is 25.3 Å². The molecule has 2 saturated heterocycles. The third-order valence-corrected chi connectivity index (χ3v) is 4.57. The molecule has 2 aliphatic rings. The van der Waals surface area contributed by atoms with E-state index in [-0.39, 0.29) is 12.2 Å². The quantitative estimate of drug-likeness (QED) is 0.835. The SMILES string of the molecule is CC(OCc1ccccc1)C(=O)N1CCC(C2OCCO2)CC1. The zero-order valence-electron chi connectivity index (χ0n) is 13.6. The summed E-state index contributed by atoms with van der Waals surface area (Å²) in [6.45, 7) is 5.19. The number of carbonyl (C=O) groups excluding carboxylic acids is 1. The monoisotopic (exact) mass is 319 g/mol. The molecule has 3 rings (SSSR count). The maximum atomic E-state index is 12.5. The van der Waals surface area contributed by atoms with Crippen LogP contribution in [0.2, 0.25) is 0 Å². The van der Waals surface area contributed by atoms with E-state index in [1.807, 2.05) is 42.2 Å². The van der Waals surface area contributed by atoms with Crippen LogP contribution in [0, 0.1) is 5.92 Å². The van der Waals surface area contributed by atoms with Gasteiger partial charge in [-0.3, -0.25) is 4.79 Å². The second-order valence-corrected chi connectivity index (χ2v) is 6.21. The molecular weight excluding hydrogens is 294 g/mol. The normalized spacial score (nSPS) is 21.5. The average Bonchev–Trinajstić information content (AvgIpc) is 3.15. The fourth-order valence-corrected chi connectivity index (χ4v) is 3.16. The van der Waals surface area contributed by atoms with E-state index in [9.17, 15) is 4.79 Å². The first-order valence-electron chi connectivity index (χ1n) is 8.41. The molecule has 5 heteroatoms. The summed E-state index contributed by atoms with van der Waals surface area (Å²) >= 11 is 0. The van der Waals surface area contributed by atoms with Gasteiger partial charge in [0.2, 0.25) is 0 Å². The summed E-state index contributed by atoms with van der Waals surface area (Å²) in [6, 6.07) is 9.93. The lowest BCUT2D eigenvalue weighted by molar-refractivity contribution is -0.148. The standard InChI is InChI=1S/C18H25NO4/c1-14(23-13-15-5-3-2-4-6-15)17(20)19-9-7-16(8-10-19)18-21-11-12-22-18/h2-6,14,16,18H,7-13H2,1H3. The van der Waals surface area contributed by atoms with Crippen LogP contribution in [0.5, 0.6) is 0 Å². The van der Waals surface area contributed by atoms with E-state index in [1.54, 1.807) is 0 Å². The molecule has 1 amide bonds. The van der Waals surface area contributed by atoms with Crippen molar-refractivity contribution in [3.63, 3.8) is 0 Å². The largest absolute Gasteiger partial charge is 0.364 e. The van der Waals surface area contributed by atoms with Gasteiger partial charge in [-0.15, -0.1) is 0 Å². The van der Waals surface area contributed by atoms with Crippen LogP contribution in [-0.4, -0.2) is 49.5 Å². The Hall–Kier alpha value is -1.43. The number of piperidine rings is 1. The van der Waals surface area contributed by atoms with Crippen LogP contribution in [0.1, 0.15) is 25.3 Å². The van der Waals surface area contributed by atoms with Crippen molar-refractivity contribution < 1.29 is 19.0 Å². The van der Waals surface area contributed by atoms with E-state index in [0.717, 1.165) is 31.5 Å². The first-order valence-corrected chi connectivity index (χ1v) is 8.41. The average molecular weight is 319 g/mol. The number of ether oxygens (including phenoxy) is 3. The second kappa shape index (κ2) is 7.90. The summed E-state index contributed by atoms with van der Waals surface area (Å²) in [5.41, 5.74) is 1.08. The lowest BCUT2D eigenvalue weighted by Gasteiger charge is -2.35. The molecule has 1 atom stereocenters. The van der Waals surface area contributed by atoms with Crippen molar-refractivity contribution >= 4 is 5.91 Å². The fraction of sp³-hybridized carbons (Fsp3) is 0.611. The van der Waals surface area contributed by atoms with Gasteiger partial charge in [0.1, 0.15) is 6.10 Å². The first kappa shape index (κ1) is 16.4. The highest BCUT2D eigenvalue weighted by Crippen LogP contribution is 2.26. The Kier molecular flexibility index (Phi) is 5.65. The van der Waals surface area contributed by atoms with Crippen molar-refractivity contribution in [3.8, 4) is 0 Å². The number of benzene rings is 1. The zero-order valence-corrected chi connectivity index (χ0v) is 13.6. The van der Waals surface area contributed by atoms with Crippen LogP contribution < -0.4 is 0 Å². The minimum Gasteiger partial charge on any atom is -0.364 e. The third-order valence-electron chi connectivity index (χ3n) is 4.57. The minimum atomic E-state index is -0.411. The van der Waals surface area contributed by atoms with Crippen LogP contribution in [0.3, 0.4) is 0 Å². The molecule has 0 N–H and O–H groups in total. The molecular formula is C18H25NO4. The van der Waals surface area contributed by atoms with E-state index < -0.39 is 6.10 Å². The predicted octanol–water partition coefficient (Wildman–Crippen LogP) is 2.20. The van der Waals surface area contributed by atoms with Gasteiger partial charge in [0.25, 0.3) is 5.91 Å². The van der Waals surface area contributed by atoms with Gasteiger partial charge in [0, 0.05) is 19.0 Å². The Labute approximate surface area is 137 Å². The van der Waals surface area contributed by atoms with Gasteiger partial charge in [-0.25, -0.2) is 0 Å². The number of hydrogen-bond acceptors (Lipinski definition) is 4. The maximum absolute atomic E-state index is 12.5. The lowest BCUT2D eigenvalue weighted by atomic mass is 9.96. The number of nitrogens with zero attached hydrogens (tertiary/aromatic N) is 1. The number of amides is 1. The minimum absolute atomic E-state index is 0.0704. The van der Waals surface area contributed by atoms with Gasteiger partial charge in [-0.2, -0.15) is 0 Å². The van der Waals surface area contributed by atoms with Gasteiger partial charge >= 0.3 is 0 Å². The molecule has 0 saturated carbocycles. The molecule has 1 aromatic carbocycles. The van der Waals surface area contributed by atoms with Crippen molar-refractivity contribution in [1.29, 1.82) is 0 Å². The molecule has 1 unspecified atom stereocenters. The van der Waals surface area contributed by atoms with Crippen LogP contribution in [-0.2, 0) is 25.6 Å². The molecule has 0 aliphatic carbocycles. The van der Waals surface area contributed by atoms with E-state index >= 15 is 0 Å². The van der Waals surface area contributed by atoms with Crippen molar-refractivity contribution in [2.24, 2.45) is 5.92 Å². The van der Waals surface area contributed by atoms with E-state index in [0.29, 0.717) is 25.7 Å². The summed E-state index contributed by atoms with van der Waals surface area (Å²) in [4.78, 5) is 14.4. The Balaban J connectivity index is 1.43. The van der Waals surface area contributed by atoms with Crippen molar-refractivity contribution in [2.45, 2.75) is 38.8 Å². The molecule has 2 fully saturated rings. The molecule has 5 nitrogen and oxygen atoms in total. The summed E-state index contributed by atoms with van der Waals surface area (Å²) in [7, 11) is 0. The van der Waals surface area contributed by atoms with Gasteiger partial charge in [0.05, 0.1) is 19.8 Å². The molecule has 0 bridgehead atoms. The van der Waals surface area contributed by atoms with Crippen molar-refractivity contribution in [1.82, 2.24) is 4.90 Å². The molecule has 0 radical (unpaired) electrons. The molecule has 1 aromatic rings. The van der Waals surface area contributed by atoms with Crippen LogP contribution in [0.15, 0.2) is 30.3 Å².